The minimum absolute atomic E-state index is 0.277. The first kappa shape index (κ1) is 13.2. The van der Waals surface area contributed by atoms with Crippen LogP contribution < -0.4 is 5.32 Å². The van der Waals surface area contributed by atoms with Crippen LogP contribution in [0, 0.1) is 12.7 Å². The highest BCUT2D eigenvalue weighted by atomic mass is 19.1. The number of nitrogens with one attached hydrogen (secondary N) is 1. The molecule has 0 bridgehead atoms. The normalized spacial score (nSPS) is 10.4. The zero-order chi connectivity index (χ0) is 14.7. The van der Waals surface area contributed by atoms with Gasteiger partial charge in [0.1, 0.15) is 11.6 Å². The van der Waals surface area contributed by atoms with E-state index in [-0.39, 0.29) is 5.82 Å². The zero-order valence-electron chi connectivity index (χ0n) is 11.4. The number of anilines is 2. The maximum Gasteiger partial charge on any atom is 0.161 e. The van der Waals surface area contributed by atoms with Crippen molar-refractivity contribution in [3.05, 3.63) is 66.4 Å². The molecule has 0 fully saturated rings. The minimum atomic E-state index is -0.277. The van der Waals surface area contributed by atoms with E-state index in [0.717, 1.165) is 22.6 Å². The quantitative estimate of drug-likeness (QED) is 0.794. The SMILES string of the molecule is Cc1cnc(-c2ccc(F)cc2)nc1Nc1ccncc1. The molecular weight excluding hydrogens is 267 g/mol. The first-order valence-electron chi connectivity index (χ1n) is 6.49. The van der Waals surface area contributed by atoms with Crippen LogP contribution in [0.4, 0.5) is 15.9 Å². The highest BCUT2D eigenvalue weighted by Gasteiger charge is 2.06. The number of aryl methyl sites for hydroxylation is 1. The lowest BCUT2D eigenvalue weighted by Gasteiger charge is -2.09. The van der Waals surface area contributed by atoms with Crippen molar-refractivity contribution in [3.8, 4) is 11.4 Å². The second-order valence-electron chi connectivity index (χ2n) is 4.59. The molecule has 104 valence electrons. The van der Waals surface area contributed by atoms with Crippen LogP contribution in [-0.4, -0.2) is 15.0 Å². The molecule has 5 heteroatoms. The Labute approximate surface area is 121 Å². The van der Waals surface area contributed by atoms with Gasteiger partial charge >= 0.3 is 0 Å². The molecule has 0 atom stereocenters. The molecule has 0 radical (unpaired) electrons. The van der Waals surface area contributed by atoms with Crippen LogP contribution in [0.5, 0.6) is 0 Å². The summed E-state index contributed by atoms with van der Waals surface area (Å²) in [7, 11) is 0. The summed E-state index contributed by atoms with van der Waals surface area (Å²) in [5.41, 5.74) is 2.60. The van der Waals surface area contributed by atoms with Crippen molar-refractivity contribution in [2.75, 3.05) is 5.32 Å². The van der Waals surface area contributed by atoms with E-state index in [0.29, 0.717) is 5.82 Å². The second-order valence-corrected chi connectivity index (χ2v) is 4.59. The predicted molar refractivity (Wildman–Crippen MR) is 79.7 cm³/mol. The van der Waals surface area contributed by atoms with Crippen molar-refractivity contribution < 1.29 is 4.39 Å². The molecule has 2 aromatic heterocycles. The highest BCUT2D eigenvalue weighted by Crippen LogP contribution is 2.21. The maximum atomic E-state index is 13.0. The summed E-state index contributed by atoms with van der Waals surface area (Å²) in [6, 6.07) is 9.84. The van der Waals surface area contributed by atoms with E-state index in [4.69, 9.17) is 0 Å². The van der Waals surface area contributed by atoms with Gasteiger partial charge in [-0.3, -0.25) is 4.98 Å². The third-order valence-corrected chi connectivity index (χ3v) is 3.02. The van der Waals surface area contributed by atoms with Gasteiger partial charge in [0, 0.05) is 35.4 Å². The number of pyridine rings is 1. The first-order chi connectivity index (χ1) is 10.2. The lowest BCUT2D eigenvalue weighted by atomic mass is 10.2. The van der Waals surface area contributed by atoms with Crippen LogP contribution in [0.2, 0.25) is 0 Å². The molecule has 0 saturated carbocycles. The molecule has 0 aliphatic rings. The van der Waals surface area contributed by atoms with Gasteiger partial charge in [-0.05, 0) is 43.3 Å². The Kier molecular flexibility index (Phi) is 3.55. The summed E-state index contributed by atoms with van der Waals surface area (Å²) in [4.78, 5) is 12.8. The van der Waals surface area contributed by atoms with Gasteiger partial charge < -0.3 is 5.32 Å². The molecule has 3 rings (SSSR count). The van der Waals surface area contributed by atoms with Gasteiger partial charge in [-0.2, -0.15) is 0 Å². The largest absolute Gasteiger partial charge is 0.340 e. The monoisotopic (exact) mass is 280 g/mol. The van der Waals surface area contributed by atoms with E-state index >= 15 is 0 Å². The van der Waals surface area contributed by atoms with E-state index in [1.165, 1.54) is 12.1 Å². The van der Waals surface area contributed by atoms with Crippen LogP contribution in [0.3, 0.4) is 0 Å². The van der Waals surface area contributed by atoms with E-state index in [9.17, 15) is 4.39 Å². The lowest BCUT2D eigenvalue weighted by Crippen LogP contribution is -2.00. The molecule has 21 heavy (non-hydrogen) atoms. The number of benzene rings is 1. The third-order valence-electron chi connectivity index (χ3n) is 3.02. The molecule has 1 N–H and O–H groups in total. The summed E-state index contributed by atoms with van der Waals surface area (Å²) in [5.74, 6) is 0.994. The van der Waals surface area contributed by atoms with Crippen LogP contribution in [0.25, 0.3) is 11.4 Å². The summed E-state index contributed by atoms with van der Waals surface area (Å²) >= 11 is 0. The van der Waals surface area contributed by atoms with E-state index in [1.807, 2.05) is 19.1 Å². The van der Waals surface area contributed by atoms with Gasteiger partial charge in [-0.15, -0.1) is 0 Å². The summed E-state index contributed by atoms with van der Waals surface area (Å²) in [6.07, 6.45) is 5.16. The Morgan fingerprint density at radius 3 is 2.43 bits per heavy atom. The average molecular weight is 280 g/mol. The van der Waals surface area contributed by atoms with Gasteiger partial charge in [-0.1, -0.05) is 0 Å². The molecule has 4 nitrogen and oxygen atoms in total. The van der Waals surface area contributed by atoms with Crippen LogP contribution >= 0.6 is 0 Å². The van der Waals surface area contributed by atoms with Crippen molar-refractivity contribution in [2.45, 2.75) is 6.92 Å². The molecule has 2 heterocycles. The van der Waals surface area contributed by atoms with Crippen molar-refractivity contribution in [1.82, 2.24) is 15.0 Å². The fraction of sp³-hybridized carbons (Fsp3) is 0.0625. The second kappa shape index (κ2) is 5.66. The third kappa shape index (κ3) is 3.02. The average Bonchev–Trinajstić information content (AvgIpc) is 2.51. The minimum Gasteiger partial charge on any atom is -0.340 e. The first-order valence-corrected chi connectivity index (χ1v) is 6.49. The van der Waals surface area contributed by atoms with Gasteiger partial charge in [0.2, 0.25) is 0 Å². The standard InChI is InChI=1S/C16H13FN4/c1-11-10-19-16(12-2-4-13(17)5-3-12)21-15(11)20-14-6-8-18-9-7-14/h2-10H,1H3,(H,18,19,20,21). The van der Waals surface area contributed by atoms with Crippen LogP contribution in [-0.2, 0) is 0 Å². The molecule has 0 aliphatic heterocycles. The van der Waals surface area contributed by atoms with Gasteiger partial charge in [-0.25, -0.2) is 14.4 Å². The fourth-order valence-electron chi connectivity index (χ4n) is 1.88. The number of hydrogen-bond donors (Lipinski definition) is 1. The fourth-order valence-corrected chi connectivity index (χ4v) is 1.88. The topological polar surface area (TPSA) is 50.7 Å². The maximum absolute atomic E-state index is 13.0. The smallest absolute Gasteiger partial charge is 0.161 e. The van der Waals surface area contributed by atoms with Crippen molar-refractivity contribution >= 4 is 11.5 Å². The lowest BCUT2D eigenvalue weighted by molar-refractivity contribution is 0.628. The van der Waals surface area contributed by atoms with Gasteiger partial charge in [0.15, 0.2) is 5.82 Å². The van der Waals surface area contributed by atoms with E-state index in [1.54, 1.807) is 30.7 Å². The van der Waals surface area contributed by atoms with Crippen molar-refractivity contribution in [3.63, 3.8) is 0 Å². The molecule has 0 aliphatic carbocycles. The summed E-state index contributed by atoms with van der Waals surface area (Å²) < 4.78 is 13.0. The molecule has 3 aromatic rings. The van der Waals surface area contributed by atoms with E-state index < -0.39 is 0 Å². The Balaban J connectivity index is 1.94. The molecule has 0 saturated heterocycles. The summed E-state index contributed by atoms with van der Waals surface area (Å²) in [5, 5.41) is 3.23. The molecule has 0 unspecified atom stereocenters. The Bertz CT molecular complexity index is 742. The Morgan fingerprint density at radius 1 is 1.00 bits per heavy atom. The number of nitrogens with zero attached hydrogens (tertiary/aromatic N) is 3. The van der Waals surface area contributed by atoms with Crippen molar-refractivity contribution in [1.29, 1.82) is 0 Å². The summed E-state index contributed by atoms with van der Waals surface area (Å²) in [6.45, 7) is 1.93. The van der Waals surface area contributed by atoms with Crippen molar-refractivity contribution in [2.24, 2.45) is 0 Å². The number of rotatable bonds is 3. The molecule has 1 aromatic carbocycles. The van der Waals surface area contributed by atoms with Crippen LogP contribution in [0.1, 0.15) is 5.56 Å². The number of halogens is 1. The number of hydrogen-bond acceptors (Lipinski definition) is 4. The van der Waals surface area contributed by atoms with E-state index in [2.05, 4.69) is 20.3 Å². The Morgan fingerprint density at radius 2 is 1.71 bits per heavy atom. The Hall–Kier alpha value is -2.82. The molecule has 0 spiro atoms. The number of aromatic nitrogens is 3. The van der Waals surface area contributed by atoms with Gasteiger partial charge in [0.05, 0.1) is 0 Å². The zero-order valence-corrected chi connectivity index (χ0v) is 11.4. The predicted octanol–water partition coefficient (Wildman–Crippen LogP) is 3.73. The molecular formula is C16H13FN4. The van der Waals surface area contributed by atoms with Crippen LogP contribution in [0.15, 0.2) is 55.0 Å². The van der Waals surface area contributed by atoms with Gasteiger partial charge in [0.25, 0.3) is 0 Å². The molecule has 0 amide bonds. The highest BCUT2D eigenvalue weighted by molar-refractivity contribution is 5.62.